The Hall–Kier alpha value is -2.99. The maximum absolute atomic E-state index is 12.5. The van der Waals surface area contributed by atoms with E-state index in [0.29, 0.717) is 49.5 Å². The fraction of sp³-hybridized carbons (Fsp3) is 0.393. The van der Waals surface area contributed by atoms with E-state index in [9.17, 15) is 14.7 Å². The topological polar surface area (TPSA) is 135 Å². The molecule has 0 aliphatic carbocycles. The number of hydroxylamine groups is 1. The van der Waals surface area contributed by atoms with E-state index in [0.717, 1.165) is 16.7 Å². The van der Waals surface area contributed by atoms with Crippen molar-refractivity contribution in [3.05, 3.63) is 81.9 Å². The van der Waals surface area contributed by atoms with Crippen molar-refractivity contribution in [3.63, 3.8) is 0 Å². The van der Waals surface area contributed by atoms with Gasteiger partial charge in [0.25, 0.3) is 0 Å². The second-order valence-electron chi connectivity index (χ2n) is 9.60. The molecular formula is C28H32Cl2N4O6. The molecule has 3 atom stereocenters. The summed E-state index contributed by atoms with van der Waals surface area (Å²) in [6, 6.07) is 14.9. The minimum atomic E-state index is -0.714. The molecule has 1 saturated heterocycles. The maximum atomic E-state index is 12.5. The van der Waals surface area contributed by atoms with Crippen LogP contribution in [0.5, 0.6) is 0 Å². The zero-order valence-corrected chi connectivity index (χ0v) is 23.3. The summed E-state index contributed by atoms with van der Waals surface area (Å²) in [5.41, 5.74) is 4.72. The van der Waals surface area contributed by atoms with Crippen molar-refractivity contribution < 1.29 is 29.4 Å². The number of halogens is 2. The molecule has 3 unspecified atom stereocenters. The number of benzene rings is 2. The normalized spacial score (nSPS) is 18.9. The lowest BCUT2D eigenvalue weighted by atomic mass is 10.00. The molecule has 4 rings (SSSR count). The first-order valence-electron chi connectivity index (χ1n) is 13.1. The Bertz CT molecular complexity index is 1290. The molecule has 0 radical (unpaired) electrons. The van der Waals surface area contributed by atoms with E-state index in [1.54, 1.807) is 22.4 Å². The number of hydrogen-bond acceptors (Lipinski definition) is 7. The van der Waals surface area contributed by atoms with Crippen molar-refractivity contribution in [3.8, 4) is 0 Å². The highest BCUT2D eigenvalue weighted by Crippen LogP contribution is 2.39. The first-order valence-corrected chi connectivity index (χ1v) is 13.8. The SMILES string of the molecule is O=C(CCCCCC(=O)Nc1cccc(C2OC(Cn3cnc(Cl)c3Cl)CC(c3ccc(CO)cc3)O2)c1)NO. The van der Waals surface area contributed by atoms with Gasteiger partial charge >= 0.3 is 0 Å². The number of nitrogens with zero attached hydrogens (tertiary/aromatic N) is 2. The quantitative estimate of drug-likeness (QED) is 0.127. The van der Waals surface area contributed by atoms with E-state index in [2.05, 4.69) is 10.3 Å². The highest BCUT2D eigenvalue weighted by Gasteiger charge is 2.33. The third-order valence-electron chi connectivity index (χ3n) is 6.62. The fourth-order valence-electron chi connectivity index (χ4n) is 4.51. The number of aromatic nitrogens is 2. The van der Waals surface area contributed by atoms with Gasteiger partial charge in [0.2, 0.25) is 11.8 Å². The summed E-state index contributed by atoms with van der Waals surface area (Å²) < 4.78 is 14.5. The maximum Gasteiger partial charge on any atom is 0.243 e. The van der Waals surface area contributed by atoms with Crippen LogP contribution in [-0.2, 0) is 32.2 Å². The average molecular weight is 591 g/mol. The second kappa shape index (κ2) is 14.6. The van der Waals surface area contributed by atoms with Crippen molar-refractivity contribution in [2.75, 3.05) is 5.32 Å². The van der Waals surface area contributed by atoms with E-state index in [1.165, 1.54) is 0 Å². The molecular weight excluding hydrogens is 559 g/mol. The van der Waals surface area contributed by atoms with Gasteiger partial charge in [0.05, 0.1) is 31.7 Å². The molecule has 2 aromatic carbocycles. The van der Waals surface area contributed by atoms with Gasteiger partial charge in [-0.25, -0.2) is 10.5 Å². The number of imidazole rings is 1. The van der Waals surface area contributed by atoms with E-state index < -0.39 is 12.2 Å². The van der Waals surface area contributed by atoms with Gasteiger partial charge in [0, 0.05) is 30.5 Å². The average Bonchev–Trinajstić information content (AvgIpc) is 3.29. The molecule has 40 heavy (non-hydrogen) atoms. The van der Waals surface area contributed by atoms with Gasteiger partial charge < -0.3 is 24.5 Å². The minimum Gasteiger partial charge on any atom is -0.392 e. The Balaban J connectivity index is 1.44. The predicted molar refractivity (Wildman–Crippen MR) is 149 cm³/mol. The second-order valence-corrected chi connectivity index (χ2v) is 10.3. The van der Waals surface area contributed by atoms with Gasteiger partial charge in [-0.05, 0) is 36.1 Å². The number of hydrogen-bond donors (Lipinski definition) is 4. The number of carbonyl (C=O) groups excluding carboxylic acids is 2. The summed E-state index contributed by atoms with van der Waals surface area (Å²) in [5, 5.41) is 21.4. The Morgan fingerprint density at radius 3 is 2.42 bits per heavy atom. The summed E-state index contributed by atoms with van der Waals surface area (Å²) >= 11 is 12.3. The van der Waals surface area contributed by atoms with Crippen molar-refractivity contribution in [1.29, 1.82) is 0 Å². The molecule has 0 spiro atoms. The van der Waals surface area contributed by atoms with Crippen molar-refractivity contribution in [1.82, 2.24) is 15.0 Å². The molecule has 0 saturated carbocycles. The zero-order chi connectivity index (χ0) is 28.5. The Morgan fingerprint density at radius 1 is 1.00 bits per heavy atom. The molecule has 12 heteroatoms. The van der Waals surface area contributed by atoms with Crippen LogP contribution >= 0.6 is 23.2 Å². The van der Waals surface area contributed by atoms with Gasteiger partial charge in [0.15, 0.2) is 11.4 Å². The number of carbonyl (C=O) groups is 2. The lowest BCUT2D eigenvalue weighted by Crippen LogP contribution is -2.32. The number of unbranched alkanes of at least 4 members (excludes halogenated alkanes) is 2. The molecule has 0 bridgehead atoms. The molecule has 10 nitrogen and oxygen atoms in total. The number of amides is 2. The van der Waals surface area contributed by atoms with Crippen molar-refractivity contribution in [2.45, 2.75) is 70.2 Å². The van der Waals surface area contributed by atoms with Crippen LogP contribution in [0.25, 0.3) is 0 Å². The Morgan fingerprint density at radius 2 is 1.75 bits per heavy atom. The smallest absolute Gasteiger partial charge is 0.243 e. The molecule has 1 aliphatic rings. The zero-order valence-electron chi connectivity index (χ0n) is 21.8. The third-order valence-corrected chi connectivity index (χ3v) is 7.39. The molecule has 214 valence electrons. The van der Waals surface area contributed by atoms with Gasteiger partial charge in [-0.3, -0.25) is 14.8 Å². The van der Waals surface area contributed by atoms with Gasteiger partial charge in [-0.1, -0.05) is 66.0 Å². The first-order chi connectivity index (χ1) is 19.4. The minimum absolute atomic E-state index is 0.0422. The van der Waals surface area contributed by atoms with Crippen LogP contribution < -0.4 is 10.8 Å². The summed E-state index contributed by atoms with van der Waals surface area (Å²) in [4.78, 5) is 27.6. The first kappa shape index (κ1) is 30.0. The summed E-state index contributed by atoms with van der Waals surface area (Å²) in [6.45, 7) is 0.374. The predicted octanol–water partition coefficient (Wildman–Crippen LogP) is 5.32. The molecule has 1 aliphatic heterocycles. The third kappa shape index (κ3) is 8.26. The fourth-order valence-corrected chi connectivity index (χ4v) is 4.83. The number of aliphatic hydroxyl groups excluding tert-OH is 1. The van der Waals surface area contributed by atoms with Crippen LogP contribution in [0, 0.1) is 0 Å². The number of aliphatic hydroxyl groups is 1. The molecule has 1 fully saturated rings. The van der Waals surface area contributed by atoms with E-state index in [-0.39, 0.29) is 36.3 Å². The summed E-state index contributed by atoms with van der Waals surface area (Å²) in [5.74, 6) is -0.572. The van der Waals surface area contributed by atoms with E-state index in [4.69, 9.17) is 37.9 Å². The molecule has 1 aromatic heterocycles. The van der Waals surface area contributed by atoms with Crippen LogP contribution in [0.4, 0.5) is 5.69 Å². The monoisotopic (exact) mass is 590 g/mol. The van der Waals surface area contributed by atoms with E-state index in [1.807, 2.05) is 42.5 Å². The molecule has 4 N–H and O–H groups in total. The van der Waals surface area contributed by atoms with Crippen LogP contribution in [0.15, 0.2) is 54.9 Å². The van der Waals surface area contributed by atoms with Crippen LogP contribution in [0.3, 0.4) is 0 Å². The van der Waals surface area contributed by atoms with Crippen molar-refractivity contribution >= 4 is 40.7 Å². The summed E-state index contributed by atoms with van der Waals surface area (Å²) in [6.07, 6.45) is 3.27. The lowest BCUT2D eigenvalue weighted by molar-refractivity contribution is -0.252. The van der Waals surface area contributed by atoms with Crippen LogP contribution in [-0.4, -0.2) is 37.8 Å². The van der Waals surface area contributed by atoms with Crippen LogP contribution in [0.1, 0.15) is 67.6 Å². The number of ether oxygens (including phenoxy) is 2. The number of nitrogens with one attached hydrogen (secondary N) is 2. The van der Waals surface area contributed by atoms with Crippen molar-refractivity contribution in [2.24, 2.45) is 0 Å². The standard InChI is InChI=1S/C28H32Cl2N4O6/c29-26-27(30)34(17-31-26)15-22-14-23(19-11-9-18(16-35)10-12-19)40-28(39-22)20-5-4-6-21(13-20)32-24(36)7-2-1-3-8-25(37)33-38/h4-6,9-13,17,22-23,28,35,38H,1-3,7-8,14-16H2,(H,32,36)(H,33,37). The highest BCUT2D eigenvalue weighted by atomic mass is 35.5. The van der Waals surface area contributed by atoms with Crippen LogP contribution in [0.2, 0.25) is 10.3 Å². The van der Waals surface area contributed by atoms with Gasteiger partial charge in [0.1, 0.15) is 5.15 Å². The molecule has 3 aromatic rings. The summed E-state index contributed by atoms with van der Waals surface area (Å²) in [7, 11) is 0. The Labute approximate surface area is 242 Å². The molecule has 2 amide bonds. The number of rotatable bonds is 12. The van der Waals surface area contributed by atoms with Gasteiger partial charge in [-0.2, -0.15) is 0 Å². The molecule has 2 heterocycles. The largest absolute Gasteiger partial charge is 0.392 e. The Kier molecular flexibility index (Phi) is 10.9. The van der Waals surface area contributed by atoms with E-state index >= 15 is 0 Å². The number of anilines is 1. The highest BCUT2D eigenvalue weighted by molar-refractivity contribution is 6.40. The van der Waals surface area contributed by atoms with Gasteiger partial charge in [-0.15, -0.1) is 0 Å². The lowest BCUT2D eigenvalue weighted by Gasteiger charge is -2.36.